The van der Waals surface area contributed by atoms with Crippen molar-refractivity contribution in [2.75, 3.05) is 5.75 Å². The van der Waals surface area contributed by atoms with Crippen LogP contribution in [-0.4, -0.2) is 14.2 Å². The zero-order valence-electron chi connectivity index (χ0n) is 12.1. The van der Waals surface area contributed by atoms with Gasteiger partial charge in [-0.3, -0.25) is 0 Å². The van der Waals surface area contributed by atoms with Crippen molar-refractivity contribution in [2.45, 2.75) is 50.8 Å². The molecule has 1 aromatic carbocycles. The fourth-order valence-corrected chi connectivity index (χ4v) is 3.03. The number of rotatable bonds is 7. The molecule has 0 aliphatic heterocycles. The second-order valence-electron chi connectivity index (χ2n) is 4.70. The monoisotopic (exact) mass is 280 g/mol. The van der Waals surface area contributed by atoms with Crippen molar-refractivity contribution in [3.8, 4) is 0 Å². The zero-order valence-corrected chi connectivity index (χ0v) is 12.9. The van der Waals surface area contributed by atoms with Crippen molar-refractivity contribution in [1.29, 1.82) is 0 Å². The maximum absolute atomic E-state index is 11.9. The van der Waals surface area contributed by atoms with Gasteiger partial charge in [0.2, 0.25) is 0 Å². The molecule has 0 spiro atoms. The molecule has 0 aromatic heterocycles. The van der Waals surface area contributed by atoms with Crippen LogP contribution in [-0.2, 0) is 9.84 Å². The third kappa shape index (κ3) is 4.50. The summed E-state index contributed by atoms with van der Waals surface area (Å²) < 4.78 is 23.8. The van der Waals surface area contributed by atoms with E-state index in [0.29, 0.717) is 10.8 Å². The molecule has 19 heavy (non-hydrogen) atoms. The minimum atomic E-state index is -3.11. The van der Waals surface area contributed by atoms with Crippen LogP contribution in [0.4, 0.5) is 0 Å². The van der Waals surface area contributed by atoms with Crippen LogP contribution in [0.5, 0.6) is 0 Å². The topological polar surface area (TPSA) is 34.1 Å². The van der Waals surface area contributed by atoms with Crippen molar-refractivity contribution in [3.63, 3.8) is 0 Å². The lowest BCUT2D eigenvalue weighted by atomic mass is 9.93. The Balaban J connectivity index is 3.00. The van der Waals surface area contributed by atoms with Gasteiger partial charge in [0.05, 0.1) is 10.6 Å². The molecule has 1 atom stereocenters. The predicted octanol–water partition coefficient (Wildman–Crippen LogP) is 4.33. The van der Waals surface area contributed by atoms with E-state index in [-0.39, 0.29) is 5.75 Å². The molecular weight excluding hydrogens is 256 g/mol. The van der Waals surface area contributed by atoms with Crippen LogP contribution in [0.15, 0.2) is 41.3 Å². The summed E-state index contributed by atoms with van der Waals surface area (Å²) in [6.07, 6.45) is 7.38. The Labute approximate surface area is 117 Å². The average molecular weight is 280 g/mol. The van der Waals surface area contributed by atoms with Gasteiger partial charge in [-0.25, -0.2) is 8.42 Å². The molecular formula is C16H24O2S. The van der Waals surface area contributed by atoms with Crippen LogP contribution in [0, 0.1) is 0 Å². The van der Waals surface area contributed by atoms with E-state index >= 15 is 0 Å². The van der Waals surface area contributed by atoms with Crippen LogP contribution >= 0.6 is 0 Å². The number of allylic oxidation sites excluding steroid dienone is 2. The van der Waals surface area contributed by atoms with E-state index in [1.54, 1.807) is 13.0 Å². The third-order valence-corrected chi connectivity index (χ3v) is 5.12. The highest BCUT2D eigenvalue weighted by Gasteiger charge is 2.14. The summed E-state index contributed by atoms with van der Waals surface area (Å²) in [4.78, 5) is 0.449. The van der Waals surface area contributed by atoms with Gasteiger partial charge < -0.3 is 0 Å². The van der Waals surface area contributed by atoms with E-state index in [2.05, 4.69) is 26.0 Å². The molecule has 0 N–H and O–H groups in total. The maximum atomic E-state index is 11.9. The predicted molar refractivity (Wildman–Crippen MR) is 81.2 cm³/mol. The first-order valence-corrected chi connectivity index (χ1v) is 8.68. The first-order valence-electron chi connectivity index (χ1n) is 7.02. The van der Waals surface area contributed by atoms with Crippen LogP contribution in [0.2, 0.25) is 0 Å². The number of hydrogen-bond donors (Lipinski definition) is 0. The van der Waals surface area contributed by atoms with Gasteiger partial charge in [-0.05, 0) is 42.9 Å². The summed E-state index contributed by atoms with van der Waals surface area (Å²) in [6, 6.07) is 7.41. The molecule has 1 rings (SSSR count). The molecule has 0 radical (unpaired) electrons. The number of hydrogen-bond acceptors (Lipinski definition) is 2. The average Bonchev–Trinajstić information content (AvgIpc) is 2.44. The molecule has 0 bridgehead atoms. The van der Waals surface area contributed by atoms with Gasteiger partial charge >= 0.3 is 0 Å². The lowest BCUT2D eigenvalue weighted by Gasteiger charge is -2.14. The number of benzene rings is 1. The Bertz CT molecular complexity index is 515. The van der Waals surface area contributed by atoms with E-state index in [9.17, 15) is 8.42 Å². The standard InChI is InChI=1S/C16H24O2S/c1-4-7-8-10-14(5-2)15-11-9-12-16(13-15)19(17,18)6-3/h7-9,11-14H,4-6,10H2,1-3H3/b8-7-. The zero-order chi connectivity index (χ0) is 14.3. The van der Waals surface area contributed by atoms with Crippen molar-refractivity contribution in [2.24, 2.45) is 0 Å². The maximum Gasteiger partial charge on any atom is 0.178 e. The second-order valence-corrected chi connectivity index (χ2v) is 6.97. The summed E-state index contributed by atoms with van der Waals surface area (Å²) in [5.41, 5.74) is 1.12. The van der Waals surface area contributed by atoms with Gasteiger partial charge in [-0.15, -0.1) is 0 Å². The molecule has 2 nitrogen and oxygen atoms in total. The molecule has 3 heteroatoms. The van der Waals surface area contributed by atoms with Crippen LogP contribution < -0.4 is 0 Å². The SMILES string of the molecule is CC/C=C\CC(CC)c1cccc(S(=O)(=O)CC)c1. The van der Waals surface area contributed by atoms with E-state index in [1.807, 2.05) is 18.2 Å². The quantitative estimate of drug-likeness (QED) is 0.697. The largest absolute Gasteiger partial charge is 0.224 e. The van der Waals surface area contributed by atoms with Crippen LogP contribution in [0.25, 0.3) is 0 Å². The molecule has 0 aliphatic carbocycles. The third-order valence-electron chi connectivity index (χ3n) is 3.38. The summed E-state index contributed by atoms with van der Waals surface area (Å²) in [6.45, 7) is 5.95. The molecule has 1 unspecified atom stereocenters. The Morgan fingerprint density at radius 1 is 1.16 bits per heavy atom. The molecule has 106 valence electrons. The second kappa shape index (κ2) is 7.49. The lowest BCUT2D eigenvalue weighted by Crippen LogP contribution is -2.05. The molecule has 0 aliphatic rings. The molecule has 0 saturated carbocycles. The Morgan fingerprint density at radius 3 is 2.47 bits per heavy atom. The van der Waals surface area contributed by atoms with Gasteiger partial charge in [0.25, 0.3) is 0 Å². The molecule has 0 fully saturated rings. The summed E-state index contributed by atoms with van der Waals surface area (Å²) in [5, 5.41) is 0. The molecule has 0 amide bonds. The smallest absolute Gasteiger partial charge is 0.178 e. The fraction of sp³-hybridized carbons (Fsp3) is 0.500. The molecule has 0 heterocycles. The summed E-state index contributed by atoms with van der Waals surface area (Å²) >= 11 is 0. The van der Waals surface area contributed by atoms with E-state index < -0.39 is 9.84 Å². The minimum Gasteiger partial charge on any atom is -0.224 e. The summed E-state index contributed by atoms with van der Waals surface area (Å²) in [5.74, 6) is 0.554. The van der Waals surface area contributed by atoms with Gasteiger partial charge in [0.1, 0.15) is 0 Å². The Hall–Kier alpha value is -1.09. The highest BCUT2D eigenvalue weighted by atomic mass is 32.2. The van der Waals surface area contributed by atoms with Crippen LogP contribution in [0.3, 0.4) is 0 Å². The van der Waals surface area contributed by atoms with Crippen LogP contribution in [0.1, 0.15) is 51.5 Å². The highest BCUT2D eigenvalue weighted by Crippen LogP contribution is 2.26. The van der Waals surface area contributed by atoms with Crippen molar-refractivity contribution >= 4 is 9.84 Å². The summed E-state index contributed by atoms with van der Waals surface area (Å²) in [7, 11) is -3.11. The van der Waals surface area contributed by atoms with Gasteiger partial charge in [0.15, 0.2) is 9.84 Å². The van der Waals surface area contributed by atoms with E-state index in [1.165, 1.54) is 0 Å². The molecule has 1 aromatic rings. The molecule has 0 saturated heterocycles. The van der Waals surface area contributed by atoms with Gasteiger partial charge in [-0.1, -0.05) is 45.1 Å². The highest BCUT2D eigenvalue weighted by molar-refractivity contribution is 7.91. The minimum absolute atomic E-state index is 0.156. The van der Waals surface area contributed by atoms with E-state index in [0.717, 1.165) is 24.8 Å². The first-order chi connectivity index (χ1) is 9.05. The fourth-order valence-electron chi connectivity index (χ4n) is 2.09. The Morgan fingerprint density at radius 2 is 1.89 bits per heavy atom. The van der Waals surface area contributed by atoms with Gasteiger partial charge in [-0.2, -0.15) is 0 Å². The van der Waals surface area contributed by atoms with Crippen molar-refractivity contribution in [1.82, 2.24) is 0 Å². The lowest BCUT2D eigenvalue weighted by molar-refractivity contribution is 0.596. The Kier molecular flexibility index (Phi) is 6.29. The first kappa shape index (κ1) is 16.0. The van der Waals surface area contributed by atoms with Crippen molar-refractivity contribution < 1.29 is 8.42 Å². The van der Waals surface area contributed by atoms with E-state index in [4.69, 9.17) is 0 Å². The van der Waals surface area contributed by atoms with Crippen molar-refractivity contribution in [3.05, 3.63) is 42.0 Å². The van der Waals surface area contributed by atoms with Gasteiger partial charge in [0, 0.05) is 0 Å². The number of sulfone groups is 1. The normalized spacial score (nSPS) is 13.8.